The molecule has 0 aliphatic heterocycles. The molecule has 4 atom stereocenters. The Labute approximate surface area is 244 Å². The number of Topliss-reactive ketones (excluding diaryl/α,β-unsaturated/α-hetero) is 2. The van der Waals surface area contributed by atoms with E-state index in [9.17, 15) is 39.6 Å². The first-order valence-corrected chi connectivity index (χ1v) is 13.8. The van der Waals surface area contributed by atoms with Crippen molar-refractivity contribution < 1.29 is 39.6 Å². The third-order valence-electron chi connectivity index (χ3n) is 8.40. The number of aliphatic hydroxyl groups is 3. The lowest BCUT2D eigenvalue weighted by Crippen LogP contribution is -2.63. The number of phenols is 1. The van der Waals surface area contributed by atoms with Gasteiger partial charge < -0.3 is 36.4 Å². The largest absolute Gasteiger partial charge is 0.510 e. The fraction of sp³-hybridized carbons (Fsp3) is 0.533. The molecule has 0 bridgehead atoms. The van der Waals surface area contributed by atoms with Gasteiger partial charge in [-0.1, -0.05) is 0 Å². The van der Waals surface area contributed by atoms with Gasteiger partial charge in [0.15, 0.2) is 11.4 Å². The lowest BCUT2D eigenvalue weighted by molar-refractivity contribution is -0.148. The molecule has 12 nitrogen and oxygen atoms in total. The summed E-state index contributed by atoms with van der Waals surface area (Å²) >= 11 is 0. The zero-order valence-corrected chi connectivity index (χ0v) is 25.0. The fourth-order valence-corrected chi connectivity index (χ4v) is 6.67. The molecule has 0 radical (unpaired) electrons. The maximum absolute atomic E-state index is 14.1. The number of aryl methyl sites for hydroxylation is 1. The number of hydrogen-bond acceptors (Lipinski definition) is 10. The second-order valence-corrected chi connectivity index (χ2v) is 12.9. The third-order valence-corrected chi connectivity index (χ3v) is 8.40. The molecule has 0 saturated heterocycles. The van der Waals surface area contributed by atoms with Crippen molar-refractivity contribution in [3.05, 3.63) is 45.4 Å². The van der Waals surface area contributed by atoms with Gasteiger partial charge >= 0.3 is 0 Å². The van der Waals surface area contributed by atoms with Gasteiger partial charge in [0, 0.05) is 43.2 Å². The van der Waals surface area contributed by atoms with Crippen LogP contribution in [0.5, 0.6) is 5.75 Å². The van der Waals surface area contributed by atoms with Gasteiger partial charge in [-0.15, -0.1) is 0 Å². The second-order valence-electron chi connectivity index (χ2n) is 12.9. The van der Waals surface area contributed by atoms with Crippen LogP contribution in [0.1, 0.15) is 55.1 Å². The quantitative estimate of drug-likeness (QED) is 0.263. The minimum atomic E-state index is -2.70. The molecule has 0 fully saturated rings. The number of phenolic OH excluding ortho intramolecular Hbond substituents is 1. The van der Waals surface area contributed by atoms with Crippen molar-refractivity contribution in [2.45, 2.75) is 63.6 Å². The molecule has 0 heterocycles. The Hall–Kier alpha value is -3.90. The van der Waals surface area contributed by atoms with Crippen molar-refractivity contribution in [1.82, 2.24) is 10.2 Å². The fourth-order valence-electron chi connectivity index (χ4n) is 6.67. The summed E-state index contributed by atoms with van der Waals surface area (Å²) in [6.45, 7) is 5.56. The summed E-state index contributed by atoms with van der Waals surface area (Å²) in [4.78, 5) is 55.5. The number of aromatic hydroxyl groups is 1. The van der Waals surface area contributed by atoms with Crippen LogP contribution in [0.2, 0.25) is 0 Å². The molecule has 42 heavy (non-hydrogen) atoms. The molecule has 1 aromatic rings. The van der Waals surface area contributed by atoms with Crippen LogP contribution in [-0.4, -0.2) is 94.1 Å². The Bertz CT molecular complexity index is 1450. The summed E-state index contributed by atoms with van der Waals surface area (Å²) < 4.78 is 0. The molecule has 4 rings (SSSR count). The molecule has 12 heteroatoms. The van der Waals surface area contributed by atoms with E-state index in [1.165, 1.54) is 4.90 Å². The molecule has 0 saturated carbocycles. The van der Waals surface area contributed by atoms with Crippen LogP contribution < -0.4 is 16.0 Å². The number of aliphatic hydroxyl groups excluding tert-OH is 2. The van der Waals surface area contributed by atoms with Crippen LogP contribution in [0.4, 0.5) is 5.69 Å². The van der Waals surface area contributed by atoms with Crippen molar-refractivity contribution in [1.29, 1.82) is 0 Å². The number of ketones is 2. The lowest BCUT2D eigenvalue weighted by Gasteiger charge is -2.50. The van der Waals surface area contributed by atoms with Gasteiger partial charge in [0.25, 0.3) is 5.91 Å². The first kappa shape index (κ1) is 31.0. The first-order valence-electron chi connectivity index (χ1n) is 13.8. The number of carbonyl (C=O) groups excluding carboxylic acids is 4. The van der Waals surface area contributed by atoms with Crippen LogP contribution >= 0.6 is 0 Å². The predicted molar refractivity (Wildman–Crippen MR) is 154 cm³/mol. The molecule has 0 spiro atoms. The number of likely N-dealkylation sites (N-methyl/N-ethyl adjacent to an activating group) is 1. The molecular formula is C30H40N4O8. The highest BCUT2D eigenvalue weighted by Gasteiger charge is 2.63. The molecular weight excluding hydrogens is 544 g/mol. The molecule has 1 aromatic carbocycles. The van der Waals surface area contributed by atoms with E-state index in [2.05, 4.69) is 5.32 Å². The average Bonchev–Trinajstić information content (AvgIpc) is 2.84. The lowest BCUT2D eigenvalue weighted by atomic mass is 9.58. The van der Waals surface area contributed by atoms with E-state index in [0.29, 0.717) is 16.8 Å². The van der Waals surface area contributed by atoms with Gasteiger partial charge in [-0.2, -0.15) is 0 Å². The Morgan fingerprint density at radius 1 is 1.12 bits per heavy atom. The average molecular weight is 585 g/mol. The Kier molecular flexibility index (Phi) is 7.71. The number of anilines is 1. The van der Waals surface area contributed by atoms with E-state index in [0.717, 1.165) is 0 Å². The van der Waals surface area contributed by atoms with Crippen LogP contribution in [0.3, 0.4) is 0 Å². The SMILES string of the molecule is CN(C)c1cc(CCC(=O)NC(C)(C)C)c(O)c2c1C[C@H]1C[C@H]3[C@H](N(C)C)C(O)=C(C(N)=O)C(=O)[C@@]3(O)C(O)=C1C2=O. The van der Waals surface area contributed by atoms with Gasteiger partial charge in [0.05, 0.1) is 11.6 Å². The monoisotopic (exact) mass is 584 g/mol. The van der Waals surface area contributed by atoms with Gasteiger partial charge in [0.2, 0.25) is 11.7 Å². The van der Waals surface area contributed by atoms with E-state index in [4.69, 9.17) is 5.73 Å². The Morgan fingerprint density at radius 2 is 1.74 bits per heavy atom. The minimum Gasteiger partial charge on any atom is -0.510 e. The van der Waals surface area contributed by atoms with Crippen LogP contribution in [0.25, 0.3) is 0 Å². The van der Waals surface area contributed by atoms with Gasteiger partial charge in [-0.05, 0) is 77.2 Å². The third kappa shape index (κ3) is 4.82. The summed E-state index contributed by atoms with van der Waals surface area (Å²) in [5.74, 6) is -7.18. The number of primary amides is 1. The Morgan fingerprint density at radius 3 is 2.26 bits per heavy atom. The molecule has 3 aliphatic carbocycles. The number of nitrogens with one attached hydrogen (secondary N) is 1. The molecule has 0 unspecified atom stereocenters. The molecule has 0 aromatic heterocycles. The zero-order chi connectivity index (χ0) is 31.6. The maximum atomic E-state index is 14.1. The Balaban J connectivity index is 1.86. The number of nitrogens with zero attached hydrogens (tertiary/aromatic N) is 2. The van der Waals surface area contributed by atoms with Crippen molar-refractivity contribution >= 4 is 29.1 Å². The number of rotatable bonds is 6. The summed E-state index contributed by atoms with van der Waals surface area (Å²) in [5, 5.41) is 48.4. The number of fused-ring (bicyclic) bond motifs is 3. The maximum Gasteiger partial charge on any atom is 0.255 e. The number of nitrogens with two attached hydrogens (primary N) is 1. The van der Waals surface area contributed by atoms with E-state index < -0.39 is 63.6 Å². The van der Waals surface area contributed by atoms with Crippen molar-refractivity contribution in [2.75, 3.05) is 33.1 Å². The summed E-state index contributed by atoms with van der Waals surface area (Å²) in [5.41, 5.74) is 2.61. The highest BCUT2D eigenvalue weighted by atomic mass is 16.3. The first-order chi connectivity index (χ1) is 19.3. The molecule has 7 N–H and O–H groups in total. The number of allylic oxidation sites excluding steroid dienone is 1. The highest BCUT2D eigenvalue weighted by Crippen LogP contribution is 2.53. The number of benzene rings is 1. The summed E-state index contributed by atoms with van der Waals surface area (Å²) in [7, 11) is 6.73. The number of carbonyl (C=O) groups is 4. The predicted octanol–water partition coefficient (Wildman–Crippen LogP) is 1.03. The van der Waals surface area contributed by atoms with E-state index in [-0.39, 0.29) is 48.5 Å². The van der Waals surface area contributed by atoms with Crippen LogP contribution in [0.15, 0.2) is 28.7 Å². The number of hydrogen-bond donors (Lipinski definition) is 6. The van der Waals surface area contributed by atoms with E-state index in [1.807, 2.05) is 20.8 Å². The van der Waals surface area contributed by atoms with Crippen molar-refractivity contribution in [3.63, 3.8) is 0 Å². The van der Waals surface area contributed by atoms with Crippen molar-refractivity contribution in [3.8, 4) is 5.75 Å². The van der Waals surface area contributed by atoms with Gasteiger partial charge in [-0.25, -0.2) is 0 Å². The summed E-state index contributed by atoms with van der Waals surface area (Å²) in [6, 6.07) is 0.679. The molecule has 228 valence electrons. The highest BCUT2D eigenvalue weighted by molar-refractivity contribution is 6.25. The van der Waals surface area contributed by atoms with Crippen LogP contribution in [0, 0.1) is 11.8 Å². The van der Waals surface area contributed by atoms with Crippen LogP contribution in [-0.2, 0) is 27.2 Å². The standard InChI is InChI=1S/C30H40N4O8/c1-29(2,3)32-18(35)9-8-13-12-17(33(4)5)15-10-14-11-16-22(34(6)7)25(38)21(28(31)41)27(40)30(16,42)26(39)19(14)24(37)20(15)23(13)36/h12,14,16,22,36,38-39,42H,8-11H2,1-7H3,(H2,31,41)(H,32,35)/t14-,16-,22-,30-/m0/s1. The smallest absolute Gasteiger partial charge is 0.255 e. The summed E-state index contributed by atoms with van der Waals surface area (Å²) in [6.07, 6.45) is 0.369. The normalized spacial score (nSPS) is 25.7. The van der Waals surface area contributed by atoms with E-state index in [1.54, 1.807) is 39.2 Å². The van der Waals surface area contributed by atoms with Crippen molar-refractivity contribution in [2.24, 2.45) is 17.6 Å². The van der Waals surface area contributed by atoms with Gasteiger partial charge in [-0.3, -0.25) is 24.1 Å². The van der Waals surface area contributed by atoms with Gasteiger partial charge in [0.1, 0.15) is 22.8 Å². The number of amides is 2. The molecule has 2 amide bonds. The molecule has 3 aliphatic rings. The second kappa shape index (κ2) is 10.4. The zero-order valence-electron chi connectivity index (χ0n) is 25.0. The topological polar surface area (TPSA) is 194 Å². The minimum absolute atomic E-state index is 0.00805. The van der Waals surface area contributed by atoms with E-state index >= 15 is 0 Å².